The third-order valence-electron chi connectivity index (χ3n) is 2.93. The minimum Gasteiger partial charge on any atom is -0.0885 e. The lowest BCUT2D eigenvalue weighted by atomic mass is 10.1. The molecule has 0 aliphatic rings. The van der Waals surface area contributed by atoms with Crippen LogP contribution in [-0.4, -0.2) is 0 Å². The highest BCUT2D eigenvalue weighted by Crippen LogP contribution is 2.04. The van der Waals surface area contributed by atoms with E-state index in [-0.39, 0.29) is 0 Å². The molecule has 0 atom stereocenters. The first-order valence-corrected chi connectivity index (χ1v) is 7.51. The van der Waals surface area contributed by atoms with E-state index in [1.807, 2.05) is 0 Å². The van der Waals surface area contributed by atoms with Crippen molar-refractivity contribution in [1.29, 1.82) is 0 Å². The van der Waals surface area contributed by atoms with E-state index in [0.29, 0.717) is 0 Å². The summed E-state index contributed by atoms with van der Waals surface area (Å²) in [6.45, 7) is 6.11. The molecule has 0 fully saturated rings. The molecule has 0 saturated heterocycles. The highest BCUT2D eigenvalue weighted by atomic mass is 13.9. The Morgan fingerprint density at radius 2 is 1.18 bits per heavy atom. The van der Waals surface area contributed by atoms with Gasteiger partial charge in [0.15, 0.2) is 0 Å². The third-order valence-corrected chi connectivity index (χ3v) is 2.93. The van der Waals surface area contributed by atoms with Crippen LogP contribution in [0, 0.1) is 6.92 Å². The second-order valence-corrected chi connectivity index (χ2v) is 4.72. The number of rotatable bonds is 12. The normalized spacial score (nSPS) is 11.9. The van der Waals surface area contributed by atoms with Crippen LogP contribution in [0.5, 0.6) is 0 Å². The molecule has 99 valence electrons. The molecule has 17 heavy (non-hydrogen) atoms. The van der Waals surface area contributed by atoms with Crippen molar-refractivity contribution in [2.75, 3.05) is 0 Å². The van der Waals surface area contributed by atoms with Gasteiger partial charge >= 0.3 is 0 Å². The van der Waals surface area contributed by atoms with Crippen molar-refractivity contribution in [2.45, 2.75) is 77.6 Å². The molecule has 0 unspecified atom stereocenters. The zero-order chi connectivity index (χ0) is 12.6. The Labute approximate surface area is 109 Å². The maximum absolute atomic E-state index is 3.85. The van der Waals surface area contributed by atoms with Gasteiger partial charge in [0.1, 0.15) is 0 Å². The number of allylic oxidation sites excluding steroid dienone is 4. The molecule has 0 saturated carbocycles. The summed E-state index contributed by atoms with van der Waals surface area (Å²) in [5.74, 6) is 0. The molecule has 0 aromatic rings. The second kappa shape index (κ2) is 15.5. The SMILES string of the molecule is [CH2]CCCCCC=CCCC=CCCCCC. The van der Waals surface area contributed by atoms with Gasteiger partial charge in [-0.15, -0.1) is 0 Å². The Balaban J connectivity index is 3.13. The predicted octanol–water partition coefficient (Wildman–Crippen LogP) is 6.24. The quantitative estimate of drug-likeness (QED) is 0.277. The van der Waals surface area contributed by atoms with Crippen LogP contribution in [0.3, 0.4) is 0 Å². The fraction of sp³-hybridized carbons (Fsp3) is 0.706. The Bertz CT molecular complexity index is 176. The molecule has 0 spiro atoms. The lowest BCUT2D eigenvalue weighted by Gasteiger charge is -1.94. The number of hydrogen-bond donors (Lipinski definition) is 0. The van der Waals surface area contributed by atoms with Crippen molar-refractivity contribution in [2.24, 2.45) is 0 Å². The number of hydrogen-bond acceptors (Lipinski definition) is 0. The summed E-state index contributed by atoms with van der Waals surface area (Å²) in [4.78, 5) is 0. The zero-order valence-electron chi connectivity index (χ0n) is 11.8. The molecule has 0 heteroatoms. The molecular weight excluding hydrogens is 204 g/mol. The van der Waals surface area contributed by atoms with Crippen molar-refractivity contribution >= 4 is 0 Å². The Kier molecular flexibility index (Phi) is 15.0. The molecular formula is C17H31. The second-order valence-electron chi connectivity index (χ2n) is 4.72. The molecule has 0 aromatic carbocycles. The van der Waals surface area contributed by atoms with Crippen molar-refractivity contribution in [3.63, 3.8) is 0 Å². The summed E-state index contributed by atoms with van der Waals surface area (Å²) in [5, 5.41) is 0. The fourth-order valence-corrected chi connectivity index (χ4v) is 1.79. The summed E-state index contributed by atoms with van der Waals surface area (Å²) in [7, 11) is 0. The lowest BCUT2D eigenvalue weighted by molar-refractivity contribution is 0.694. The minimum atomic E-state index is 1.09. The van der Waals surface area contributed by atoms with E-state index in [4.69, 9.17) is 0 Å². The molecule has 0 aromatic heterocycles. The van der Waals surface area contributed by atoms with Gasteiger partial charge in [0.2, 0.25) is 0 Å². The lowest BCUT2D eigenvalue weighted by Crippen LogP contribution is -1.74. The van der Waals surface area contributed by atoms with Gasteiger partial charge in [-0.2, -0.15) is 0 Å². The smallest absolute Gasteiger partial charge is 0.0316 e. The van der Waals surface area contributed by atoms with Gasteiger partial charge in [-0.25, -0.2) is 0 Å². The van der Waals surface area contributed by atoms with Crippen molar-refractivity contribution in [3.05, 3.63) is 31.2 Å². The maximum Gasteiger partial charge on any atom is -0.0316 e. The summed E-state index contributed by atoms with van der Waals surface area (Å²) in [5.41, 5.74) is 0. The zero-order valence-corrected chi connectivity index (χ0v) is 11.8. The molecule has 0 heterocycles. The van der Waals surface area contributed by atoms with Gasteiger partial charge in [0.25, 0.3) is 0 Å². The maximum atomic E-state index is 3.85. The molecule has 1 radical (unpaired) electrons. The Morgan fingerprint density at radius 1 is 0.647 bits per heavy atom. The van der Waals surface area contributed by atoms with Crippen molar-refractivity contribution < 1.29 is 0 Å². The highest BCUT2D eigenvalue weighted by molar-refractivity contribution is 4.88. The van der Waals surface area contributed by atoms with Crippen molar-refractivity contribution in [1.82, 2.24) is 0 Å². The van der Waals surface area contributed by atoms with E-state index >= 15 is 0 Å². The van der Waals surface area contributed by atoms with E-state index < -0.39 is 0 Å². The van der Waals surface area contributed by atoms with Crippen LogP contribution in [0.2, 0.25) is 0 Å². The molecule has 0 rings (SSSR count). The first kappa shape index (κ1) is 16.5. The van der Waals surface area contributed by atoms with Crippen LogP contribution >= 0.6 is 0 Å². The third kappa shape index (κ3) is 15.5. The first-order valence-electron chi connectivity index (χ1n) is 7.51. The highest BCUT2D eigenvalue weighted by Gasteiger charge is 1.84. The molecule has 0 nitrogen and oxygen atoms in total. The van der Waals surface area contributed by atoms with E-state index in [1.165, 1.54) is 64.2 Å². The van der Waals surface area contributed by atoms with Crippen LogP contribution in [0.1, 0.15) is 77.6 Å². The Hall–Kier alpha value is -0.520. The summed E-state index contributed by atoms with van der Waals surface area (Å²) in [6, 6.07) is 0. The van der Waals surface area contributed by atoms with Crippen LogP contribution in [-0.2, 0) is 0 Å². The van der Waals surface area contributed by atoms with Crippen LogP contribution < -0.4 is 0 Å². The van der Waals surface area contributed by atoms with E-state index in [2.05, 4.69) is 38.2 Å². The van der Waals surface area contributed by atoms with Crippen molar-refractivity contribution in [3.8, 4) is 0 Å². The largest absolute Gasteiger partial charge is 0.0885 e. The van der Waals surface area contributed by atoms with Crippen LogP contribution in [0.25, 0.3) is 0 Å². The minimum absolute atomic E-state index is 1.09. The summed E-state index contributed by atoms with van der Waals surface area (Å²) in [6.07, 6.45) is 23.4. The van der Waals surface area contributed by atoms with Gasteiger partial charge in [0, 0.05) is 0 Å². The fourth-order valence-electron chi connectivity index (χ4n) is 1.79. The Morgan fingerprint density at radius 3 is 1.71 bits per heavy atom. The molecule has 0 N–H and O–H groups in total. The van der Waals surface area contributed by atoms with Gasteiger partial charge in [-0.05, 0) is 38.5 Å². The monoisotopic (exact) mass is 235 g/mol. The molecule has 0 amide bonds. The van der Waals surface area contributed by atoms with Gasteiger partial charge in [-0.1, -0.05) is 70.3 Å². The molecule has 0 aliphatic carbocycles. The van der Waals surface area contributed by atoms with E-state index in [1.54, 1.807) is 0 Å². The average molecular weight is 235 g/mol. The predicted molar refractivity (Wildman–Crippen MR) is 80.1 cm³/mol. The molecule has 0 aliphatic heterocycles. The van der Waals surface area contributed by atoms with Crippen LogP contribution in [0.4, 0.5) is 0 Å². The van der Waals surface area contributed by atoms with Gasteiger partial charge < -0.3 is 0 Å². The summed E-state index contributed by atoms with van der Waals surface area (Å²) >= 11 is 0. The van der Waals surface area contributed by atoms with Gasteiger partial charge in [-0.3, -0.25) is 0 Å². The number of unbranched alkanes of at least 4 members (excludes halogenated alkanes) is 8. The first-order chi connectivity index (χ1) is 8.41. The molecule has 0 bridgehead atoms. The van der Waals surface area contributed by atoms with Gasteiger partial charge in [0.05, 0.1) is 0 Å². The van der Waals surface area contributed by atoms with Crippen LogP contribution in [0.15, 0.2) is 24.3 Å². The topological polar surface area (TPSA) is 0 Å². The van der Waals surface area contributed by atoms with E-state index in [9.17, 15) is 0 Å². The van der Waals surface area contributed by atoms with E-state index in [0.717, 1.165) is 6.42 Å². The standard InChI is InChI=1S/C17H31/c1-3-5-7-9-11-13-15-17-16-14-12-10-8-6-4-2/h12-15H,1,3-11,16-17H2,2H3. The summed E-state index contributed by atoms with van der Waals surface area (Å²) < 4.78 is 0. The average Bonchev–Trinajstić information content (AvgIpc) is 2.35.